The normalized spacial score (nSPS) is 16.2. The van der Waals surface area contributed by atoms with Gasteiger partial charge in [-0.3, -0.25) is 9.69 Å². The van der Waals surface area contributed by atoms with Crippen molar-refractivity contribution in [1.82, 2.24) is 10.2 Å². The molecule has 1 fully saturated rings. The van der Waals surface area contributed by atoms with Crippen LogP contribution in [-0.4, -0.2) is 30.4 Å². The molecule has 3 rings (SSSR count). The van der Waals surface area contributed by atoms with Crippen LogP contribution in [0.3, 0.4) is 0 Å². The Bertz CT molecular complexity index is 677. The van der Waals surface area contributed by atoms with E-state index in [1.165, 1.54) is 23.3 Å². The molecule has 2 aromatic rings. The second-order valence-electron chi connectivity index (χ2n) is 6.18. The molecule has 24 heavy (non-hydrogen) atoms. The van der Waals surface area contributed by atoms with E-state index in [-0.39, 0.29) is 11.9 Å². The van der Waals surface area contributed by atoms with E-state index in [2.05, 4.69) is 29.3 Å². The van der Waals surface area contributed by atoms with Gasteiger partial charge in [-0.05, 0) is 56.1 Å². The summed E-state index contributed by atoms with van der Waals surface area (Å²) >= 11 is 7.67. The van der Waals surface area contributed by atoms with Crippen LogP contribution in [0.25, 0.3) is 0 Å². The Kier molecular flexibility index (Phi) is 5.93. The summed E-state index contributed by atoms with van der Waals surface area (Å²) in [4.78, 5) is 16.1. The maximum atomic E-state index is 12.4. The molecule has 0 saturated carbocycles. The molecule has 0 bridgehead atoms. The van der Waals surface area contributed by atoms with Gasteiger partial charge in [-0.2, -0.15) is 0 Å². The third-order valence-corrected chi connectivity index (χ3v) is 5.89. The van der Waals surface area contributed by atoms with Crippen LogP contribution in [0.15, 0.2) is 35.7 Å². The van der Waals surface area contributed by atoms with Crippen LogP contribution in [0, 0.1) is 0 Å². The maximum absolute atomic E-state index is 12.4. The summed E-state index contributed by atoms with van der Waals surface area (Å²) in [7, 11) is 0. The predicted molar refractivity (Wildman–Crippen MR) is 101 cm³/mol. The summed E-state index contributed by atoms with van der Waals surface area (Å²) in [5.41, 5.74) is 1.98. The molecule has 1 amide bonds. The lowest BCUT2D eigenvalue weighted by atomic mass is 10.1. The highest BCUT2D eigenvalue weighted by Gasteiger charge is 2.24. The fourth-order valence-corrected chi connectivity index (χ4v) is 4.11. The van der Waals surface area contributed by atoms with E-state index >= 15 is 0 Å². The number of halogens is 1. The van der Waals surface area contributed by atoms with Gasteiger partial charge in [0.1, 0.15) is 0 Å². The maximum Gasteiger partial charge on any atom is 0.252 e. The minimum atomic E-state index is 0.0177. The monoisotopic (exact) mass is 362 g/mol. The van der Waals surface area contributed by atoms with Crippen LogP contribution < -0.4 is 5.32 Å². The molecule has 1 aliphatic heterocycles. The Labute approximate surface area is 152 Å². The molecule has 0 radical (unpaired) electrons. The highest BCUT2D eigenvalue weighted by molar-refractivity contribution is 7.10. The number of carbonyl (C=O) groups is 1. The van der Waals surface area contributed by atoms with Gasteiger partial charge in [0, 0.05) is 21.8 Å². The smallest absolute Gasteiger partial charge is 0.252 e. The first-order valence-electron chi connectivity index (χ1n) is 8.52. The molecule has 128 valence electrons. The Morgan fingerprint density at radius 3 is 2.62 bits per heavy atom. The van der Waals surface area contributed by atoms with Crippen molar-refractivity contribution in [3.05, 3.63) is 56.7 Å². The number of aryl methyl sites for hydroxylation is 1. The summed E-state index contributed by atoms with van der Waals surface area (Å²) in [6.45, 7) is 4.90. The standard InChI is InChI=1S/C19H23ClN2OS/c1-2-17-11-15(13-24-17)19(23)21-12-18(22-9-3-4-10-22)14-5-7-16(20)8-6-14/h5-8,11,13,18H,2-4,9-10,12H2,1H3,(H,21,23)/t18-/m1/s1. The Hall–Kier alpha value is -1.36. The average molecular weight is 363 g/mol. The quantitative estimate of drug-likeness (QED) is 0.818. The number of likely N-dealkylation sites (tertiary alicyclic amines) is 1. The zero-order valence-electron chi connectivity index (χ0n) is 13.9. The summed E-state index contributed by atoms with van der Waals surface area (Å²) in [6, 6.07) is 10.2. The van der Waals surface area contributed by atoms with Crippen molar-refractivity contribution in [3.8, 4) is 0 Å². The first kappa shape index (κ1) is 17.5. The fourth-order valence-electron chi connectivity index (χ4n) is 3.17. The summed E-state index contributed by atoms with van der Waals surface area (Å²) in [5.74, 6) is 0.0177. The van der Waals surface area contributed by atoms with Gasteiger partial charge in [0.15, 0.2) is 0 Å². The molecule has 1 N–H and O–H groups in total. The molecule has 0 aliphatic carbocycles. The van der Waals surface area contributed by atoms with Gasteiger partial charge in [-0.15, -0.1) is 11.3 Å². The lowest BCUT2D eigenvalue weighted by Crippen LogP contribution is -2.36. The second-order valence-corrected chi connectivity index (χ2v) is 7.61. The minimum Gasteiger partial charge on any atom is -0.350 e. The van der Waals surface area contributed by atoms with Gasteiger partial charge in [-0.25, -0.2) is 0 Å². The molecule has 2 heterocycles. The van der Waals surface area contributed by atoms with Crippen molar-refractivity contribution in [1.29, 1.82) is 0 Å². The van der Waals surface area contributed by atoms with Crippen LogP contribution in [0.2, 0.25) is 5.02 Å². The van der Waals surface area contributed by atoms with Crippen LogP contribution in [0.1, 0.15) is 46.6 Å². The van der Waals surface area contributed by atoms with E-state index in [9.17, 15) is 4.79 Å². The molecule has 0 spiro atoms. The van der Waals surface area contributed by atoms with E-state index in [0.717, 1.165) is 30.1 Å². The van der Waals surface area contributed by atoms with Crippen molar-refractivity contribution in [3.63, 3.8) is 0 Å². The van der Waals surface area contributed by atoms with E-state index in [1.807, 2.05) is 23.6 Å². The number of thiophene rings is 1. The minimum absolute atomic E-state index is 0.0177. The number of benzene rings is 1. The summed E-state index contributed by atoms with van der Waals surface area (Å²) in [6.07, 6.45) is 3.42. The molecule has 1 aliphatic rings. The lowest BCUT2D eigenvalue weighted by molar-refractivity contribution is 0.0938. The van der Waals surface area contributed by atoms with Gasteiger partial charge >= 0.3 is 0 Å². The van der Waals surface area contributed by atoms with Crippen LogP contribution in [0.5, 0.6) is 0 Å². The fraction of sp³-hybridized carbons (Fsp3) is 0.421. The van der Waals surface area contributed by atoms with Crippen LogP contribution in [0.4, 0.5) is 0 Å². The number of hydrogen-bond donors (Lipinski definition) is 1. The molecule has 1 aromatic heterocycles. The van der Waals surface area contributed by atoms with E-state index in [0.29, 0.717) is 6.54 Å². The highest BCUT2D eigenvalue weighted by Crippen LogP contribution is 2.26. The van der Waals surface area contributed by atoms with E-state index in [4.69, 9.17) is 11.6 Å². The van der Waals surface area contributed by atoms with Crippen LogP contribution in [-0.2, 0) is 6.42 Å². The molecular weight excluding hydrogens is 340 g/mol. The van der Waals surface area contributed by atoms with Gasteiger partial charge in [0.05, 0.1) is 11.6 Å². The highest BCUT2D eigenvalue weighted by atomic mass is 35.5. The molecule has 1 atom stereocenters. The topological polar surface area (TPSA) is 32.3 Å². The van der Waals surface area contributed by atoms with Gasteiger partial charge in [0.25, 0.3) is 5.91 Å². The SMILES string of the molecule is CCc1cc(C(=O)NC[C@H](c2ccc(Cl)cc2)N2CCCC2)cs1. The number of nitrogens with one attached hydrogen (secondary N) is 1. The number of carbonyl (C=O) groups excluding carboxylic acids is 1. The van der Waals surface area contributed by atoms with Crippen molar-refractivity contribution >= 4 is 28.8 Å². The number of hydrogen-bond acceptors (Lipinski definition) is 3. The van der Waals surface area contributed by atoms with Gasteiger partial charge in [0.2, 0.25) is 0 Å². The van der Waals surface area contributed by atoms with E-state index < -0.39 is 0 Å². The van der Waals surface area contributed by atoms with Gasteiger partial charge < -0.3 is 5.32 Å². The first-order valence-corrected chi connectivity index (χ1v) is 9.78. The van der Waals surface area contributed by atoms with E-state index in [1.54, 1.807) is 11.3 Å². The predicted octanol–water partition coefficient (Wildman–Crippen LogP) is 4.53. The third kappa shape index (κ3) is 4.18. The Morgan fingerprint density at radius 2 is 2.00 bits per heavy atom. The van der Waals surface area contributed by atoms with Crippen molar-refractivity contribution in [2.24, 2.45) is 0 Å². The number of amides is 1. The average Bonchev–Trinajstić information content (AvgIpc) is 3.28. The number of rotatable bonds is 6. The van der Waals surface area contributed by atoms with Crippen LogP contribution >= 0.6 is 22.9 Å². The molecule has 0 unspecified atom stereocenters. The molecular formula is C19H23ClN2OS. The lowest BCUT2D eigenvalue weighted by Gasteiger charge is -2.28. The Balaban J connectivity index is 1.69. The summed E-state index contributed by atoms with van der Waals surface area (Å²) in [5, 5.41) is 5.81. The zero-order valence-corrected chi connectivity index (χ0v) is 15.5. The molecule has 3 nitrogen and oxygen atoms in total. The number of nitrogens with zero attached hydrogens (tertiary/aromatic N) is 1. The van der Waals surface area contributed by atoms with Crippen molar-refractivity contribution in [2.75, 3.05) is 19.6 Å². The van der Waals surface area contributed by atoms with Crippen molar-refractivity contribution in [2.45, 2.75) is 32.2 Å². The first-order chi connectivity index (χ1) is 11.7. The third-order valence-electron chi connectivity index (χ3n) is 4.56. The molecule has 5 heteroatoms. The largest absolute Gasteiger partial charge is 0.350 e. The van der Waals surface area contributed by atoms with Gasteiger partial charge in [-0.1, -0.05) is 30.7 Å². The second kappa shape index (κ2) is 8.15. The Morgan fingerprint density at radius 1 is 1.29 bits per heavy atom. The summed E-state index contributed by atoms with van der Waals surface area (Å²) < 4.78 is 0. The molecule has 1 aromatic carbocycles. The molecule has 1 saturated heterocycles. The zero-order chi connectivity index (χ0) is 16.9. The van der Waals surface area contributed by atoms with Crippen molar-refractivity contribution < 1.29 is 4.79 Å².